The van der Waals surface area contributed by atoms with Crippen molar-refractivity contribution in [2.75, 3.05) is 36.9 Å². The summed E-state index contributed by atoms with van der Waals surface area (Å²) >= 11 is 0. The molecule has 8 heteroatoms. The molecular weight excluding hydrogens is 298 g/mol. The molecule has 1 fully saturated rings. The summed E-state index contributed by atoms with van der Waals surface area (Å²) in [5.41, 5.74) is 7.15. The second-order valence-electron chi connectivity index (χ2n) is 5.33. The van der Waals surface area contributed by atoms with Gasteiger partial charge in [-0.05, 0) is 19.1 Å². The number of aryl methyl sites for hydroxylation is 1. The molecule has 1 aliphatic heterocycles. The van der Waals surface area contributed by atoms with Gasteiger partial charge in [-0.25, -0.2) is 9.97 Å². The van der Waals surface area contributed by atoms with E-state index >= 15 is 0 Å². The molecule has 2 heterocycles. The molecule has 0 spiro atoms. The molecule has 2 aromatic rings. The van der Waals surface area contributed by atoms with E-state index in [4.69, 9.17) is 10.5 Å². The van der Waals surface area contributed by atoms with Gasteiger partial charge in [0.05, 0.1) is 18.1 Å². The Balaban J connectivity index is 2.00. The van der Waals surface area contributed by atoms with Gasteiger partial charge in [0.2, 0.25) is 0 Å². The minimum Gasteiger partial charge on any atom is -0.393 e. The van der Waals surface area contributed by atoms with E-state index in [2.05, 4.69) is 14.9 Å². The largest absolute Gasteiger partial charge is 0.393 e. The van der Waals surface area contributed by atoms with E-state index in [0.717, 1.165) is 24.5 Å². The van der Waals surface area contributed by atoms with Crippen LogP contribution in [-0.2, 0) is 4.74 Å². The van der Waals surface area contributed by atoms with Crippen LogP contribution in [0, 0.1) is 17.0 Å². The lowest BCUT2D eigenvalue weighted by molar-refractivity contribution is -0.383. The maximum atomic E-state index is 11.0. The highest BCUT2D eigenvalue weighted by atomic mass is 16.6. The summed E-state index contributed by atoms with van der Waals surface area (Å²) < 4.78 is 5.36. The van der Waals surface area contributed by atoms with E-state index in [1.165, 1.54) is 12.1 Å². The summed E-state index contributed by atoms with van der Waals surface area (Å²) in [6, 6.07) is 4.60. The van der Waals surface area contributed by atoms with E-state index in [1.807, 2.05) is 6.92 Å². The Kier molecular flexibility index (Phi) is 4.07. The van der Waals surface area contributed by atoms with Crippen molar-refractivity contribution in [3.63, 3.8) is 0 Å². The Hall–Kier alpha value is -2.74. The number of ether oxygens (including phenoxy) is 1. The van der Waals surface area contributed by atoms with Crippen LogP contribution in [-0.4, -0.2) is 41.2 Å². The monoisotopic (exact) mass is 315 g/mol. The van der Waals surface area contributed by atoms with Gasteiger partial charge in [0.15, 0.2) is 5.82 Å². The van der Waals surface area contributed by atoms with E-state index in [-0.39, 0.29) is 11.4 Å². The van der Waals surface area contributed by atoms with Crippen LogP contribution in [0.4, 0.5) is 17.2 Å². The summed E-state index contributed by atoms with van der Waals surface area (Å²) in [5.74, 6) is 1.28. The quantitative estimate of drug-likeness (QED) is 0.522. The second kappa shape index (κ2) is 6.17. The summed E-state index contributed by atoms with van der Waals surface area (Å²) in [6.07, 6.45) is 1.73. The lowest BCUT2D eigenvalue weighted by Crippen LogP contribution is -2.37. The first-order valence-electron chi connectivity index (χ1n) is 7.27. The van der Waals surface area contributed by atoms with Gasteiger partial charge in [0.25, 0.3) is 5.69 Å². The van der Waals surface area contributed by atoms with Crippen LogP contribution in [0.25, 0.3) is 11.4 Å². The number of hydrogen-bond donors (Lipinski definition) is 1. The molecule has 0 atom stereocenters. The third kappa shape index (κ3) is 3.07. The number of benzene rings is 1. The molecule has 0 unspecified atom stereocenters. The molecule has 8 nitrogen and oxygen atoms in total. The van der Waals surface area contributed by atoms with Crippen LogP contribution < -0.4 is 10.6 Å². The summed E-state index contributed by atoms with van der Waals surface area (Å²) in [5, 5.41) is 11.0. The van der Waals surface area contributed by atoms with Gasteiger partial charge in [-0.3, -0.25) is 10.1 Å². The van der Waals surface area contributed by atoms with E-state index < -0.39 is 4.92 Å². The minimum atomic E-state index is -0.504. The zero-order valence-corrected chi connectivity index (χ0v) is 12.7. The number of nitrogens with zero attached hydrogens (tertiary/aromatic N) is 4. The Morgan fingerprint density at radius 3 is 2.78 bits per heavy atom. The van der Waals surface area contributed by atoms with Gasteiger partial charge in [0.1, 0.15) is 11.5 Å². The molecule has 0 aliphatic carbocycles. The van der Waals surface area contributed by atoms with Crippen molar-refractivity contribution in [1.82, 2.24) is 9.97 Å². The van der Waals surface area contributed by atoms with Crippen LogP contribution >= 0.6 is 0 Å². The van der Waals surface area contributed by atoms with Gasteiger partial charge < -0.3 is 15.4 Å². The Labute approximate surface area is 133 Å². The molecule has 23 heavy (non-hydrogen) atoms. The predicted octanol–water partition coefficient (Wildman–Crippen LogP) is 1.78. The average Bonchev–Trinajstić information content (AvgIpc) is 2.56. The van der Waals surface area contributed by atoms with Crippen LogP contribution in [0.1, 0.15) is 5.56 Å². The number of hydrogen-bond acceptors (Lipinski definition) is 7. The maximum Gasteiger partial charge on any atom is 0.292 e. The first kappa shape index (κ1) is 15.2. The molecule has 1 aliphatic rings. The number of rotatable bonds is 3. The zero-order chi connectivity index (χ0) is 16.4. The van der Waals surface area contributed by atoms with Gasteiger partial charge in [-0.2, -0.15) is 0 Å². The Morgan fingerprint density at radius 1 is 1.35 bits per heavy atom. The van der Waals surface area contributed by atoms with Crippen LogP contribution in [0.15, 0.2) is 24.4 Å². The van der Waals surface area contributed by atoms with E-state index in [1.54, 1.807) is 12.3 Å². The van der Waals surface area contributed by atoms with Crippen molar-refractivity contribution in [1.29, 1.82) is 0 Å². The molecule has 1 aromatic carbocycles. The molecule has 0 bridgehead atoms. The number of aromatic nitrogens is 2. The number of nitrogens with two attached hydrogens (primary N) is 1. The van der Waals surface area contributed by atoms with Gasteiger partial charge in [-0.15, -0.1) is 0 Å². The third-order valence-electron chi connectivity index (χ3n) is 3.74. The number of nitro benzene ring substituents is 1. The molecule has 120 valence electrons. The Bertz CT molecular complexity index is 744. The molecule has 0 saturated carbocycles. The fourth-order valence-corrected chi connectivity index (χ4v) is 2.51. The molecule has 1 saturated heterocycles. The van der Waals surface area contributed by atoms with Crippen LogP contribution in [0.3, 0.4) is 0 Å². The van der Waals surface area contributed by atoms with Crippen molar-refractivity contribution >= 4 is 17.2 Å². The topological polar surface area (TPSA) is 107 Å². The zero-order valence-electron chi connectivity index (χ0n) is 12.7. The first-order valence-corrected chi connectivity index (χ1v) is 7.27. The standard InChI is InChI=1S/C15H17N5O3/c1-10-9-17-14(18-15(10)19-4-6-23-7-5-19)11-2-3-12(16)13(8-11)20(21)22/h2-3,8-9H,4-7,16H2,1H3. The molecule has 2 N–H and O–H groups in total. The van der Waals surface area contributed by atoms with Gasteiger partial charge >= 0.3 is 0 Å². The fourth-order valence-electron chi connectivity index (χ4n) is 2.51. The highest BCUT2D eigenvalue weighted by molar-refractivity contribution is 5.69. The lowest BCUT2D eigenvalue weighted by Gasteiger charge is -2.29. The summed E-state index contributed by atoms with van der Waals surface area (Å²) in [6.45, 7) is 4.79. The minimum absolute atomic E-state index is 0.124. The maximum absolute atomic E-state index is 11.0. The van der Waals surface area contributed by atoms with E-state index in [9.17, 15) is 10.1 Å². The van der Waals surface area contributed by atoms with Crippen molar-refractivity contribution in [3.8, 4) is 11.4 Å². The average molecular weight is 315 g/mol. The van der Waals surface area contributed by atoms with Crippen LogP contribution in [0.5, 0.6) is 0 Å². The van der Waals surface area contributed by atoms with Crippen molar-refractivity contribution in [2.24, 2.45) is 0 Å². The van der Waals surface area contributed by atoms with E-state index in [0.29, 0.717) is 24.6 Å². The molecule has 3 rings (SSSR count). The summed E-state index contributed by atoms with van der Waals surface area (Å²) in [7, 11) is 0. The highest BCUT2D eigenvalue weighted by Gasteiger charge is 2.18. The summed E-state index contributed by atoms with van der Waals surface area (Å²) in [4.78, 5) is 21.6. The fraction of sp³-hybridized carbons (Fsp3) is 0.333. The Morgan fingerprint density at radius 2 is 2.09 bits per heavy atom. The van der Waals surface area contributed by atoms with Gasteiger partial charge in [0, 0.05) is 36.5 Å². The molecule has 0 amide bonds. The second-order valence-corrected chi connectivity index (χ2v) is 5.33. The number of nitrogen functional groups attached to an aromatic ring is 1. The lowest BCUT2D eigenvalue weighted by atomic mass is 10.1. The number of morpholine rings is 1. The smallest absolute Gasteiger partial charge is 0.292 e. The number of anilines is 2. The predicted molar refractivity (Wildman–Crippen MR) is 86.3 cm³/mol. The number of nitro groups is 1. The first-order chi connectivity index (χ1) is 11.1. The van der Waals surface area contributed by atoms with Crippen molar-refractivity contribution < 1.29 is 9.66 Å². The third-order valence-corrected chi connectivity index (χ3v) is 3.74. The highest BCUT2D eigenvalue weighted by Crippen LogP contribution is 2.28. The van der Waals surface area contributed by atoms with Crippen LogP contribution in [0.2, 0.25) is 0 Å². The van der Waals surface area contributed by atoms with Gasteiger partial charge in [-0.1, -0.05) is 0 Å². The molecular formula is C15H17N5O3. The van der Waals surface area contributed by atoms with Crippen molar-refractivity contribution in [2.45, 2.75) is 6.92 Å². The SMILES string of the molecule is Cc1cnc(-c2ccc(N)c([N+](=O)[O-])c2)nc1N1CCOCC1. The molecule has 0 radical (unpaired) electrons. The normalized spacial score (nSPS) is 14.7. The van der Waals surface area contributed by atoms with Crippen molar-refractivity contribution in [3.05, 3.63) is 40.1 Å². The molecule has 1 aromatic heterocycles.